The van der Waals surface area contributed by atoms with E-state index in [0.29, 0.717) is 11.8 Å². The topological polar surface area (TPSA) is 80.4 Å². The van der Waals surface area contributed by atoms with Gasteiger partial charge in [0.25, 0.3) is 0 Å². The molecule has 0 amide bonds. The first-order valence-corrected chi connectivity index (χ1v) is 8.30. The number of ether oxygens (including phenoxy) is 1. The van der Waals surface area contributed by atoms with E-state index < -0.39 is 0 Å². The van der Waals surface area contributed by atoms with E-state index in [1.54, 1.807) is 7.11 Å². The maximum absolute atomic E-state index is 5.36. The van der Waals surface area contributed by atoms with Crippen LogP contribution in [0.5, 0.6) is 5.88 Å². The molecule has 1 aliphatic rings. The van der Waals surface area contributed by atoms with Crippen LogP contribution < -0.4 is 9.64 Å². The van der Waals surface area contributed by atoms with E-state index >= 15 is 0 Å². The molecule has 25 heavy (non-hydrogen) atoms. The van der Waals surface area contributed by atoms with Gasteiger partial charge in [-0.3, -0.25) is 4.90 Å². The minimum absolute atomic E-state index is 0.134. The van der Waals surface area contributed by atoms with Crippen LogP contribution in [0.4, 0.5) is 5.69 Å². The fourth-order valence-electron chi connectivity index (χ4n) is 3.27. The zero-order valence-electron chi connectivity index (χ0n) is 14.3. The standard InChI is InChI=1S/C17H20N6O2/c1-12(16-20-11-21-25-16)22-5-7-23(8-6-22)13-3-4-15-14(9-13)17(24-2)19-10-18-15/h3-4,9-12H,5-8H2,1-2H3. The lowest BCUT2D eigenvalue weighted by Gasteiger charge is -2.38. The lowest BCUT2D eigenvalue weighted by molar-refractivity contribution is 0.164. The Bertz CT molecular complexity index is 845. The summed E-state index contributed by atoms with van der Waals surface area (Å²) in [6, 6.07) is 6.36. The molecule has 8 heteroatoms. The fourth-order valence-corrected chi connectivity index (χ4v) is 3.27. The Morgan fingerprint density at radius 3 is 2.64 bits per heavy atom. The highest BCUT2D eigenvalue weighted by Gasteiger charge is 2.25. The third-order valence-corrected chi connectivity index (χ3v) is 4.74. The van der Waals surface area contributed by atoms with Crippen molar-refractivity contribution >= 4 is 16.6 Å². The Kier molecular flexibility index (Phi) is 4.19. The lowest BCUT2D eigenvalue weighted by atomic mass is 10.1. The van der Waals surface area contributed by atoms with Crippen molar-refractivity contribution in [3.63, 3.8) is 0 Å². The number of hydrogen-bond donors (Lipinski definition) is 0. The summed E-state index contributed by atoms with van der Waals surface area (Å²) in [5.41, 5.74) is 2.05. The van der Waals surface area contributed by atoms with Gasteiger partial charge in [0.05, 0.1) is 24.1 Å². The highest BCUT2D eigenvalue weighted by atomic mass is 16.5. The van der Waals surface area contributed by atoms with Crippen molar-refractivity contribution in [2.45, 2.75) is 13.0 Å². The molecule has 0 N–H and O–H groups in total. The summed E-state index contributed by atoms with van der Waals surface area (Å²) >= 11 is 0. The summed E-state index contributed by atoms with van der Waals surface area (Å²) in [7, 11) is 1.63. The summed E-state index contributed by atoms with van der Waals surface area (Å²) in [6.07, 6.45) is 2.98. The number of hydrogen-bond acceptors (Lipinski definition) is 8. The van der Waals surface area contributed by atoms with Gasteiger partial charge >= 0.3 is 0 Å². The molecule has 3 aromatic rings. The highest BCUT2D eigenvalue weighted by Crippen LogP contribution is 2.28. The molecule has 4 rings (SSSR count). The summed E-state index contributed by atoms with van der Waals surface area (Å²) in [6.45, 7) is 5.83. The molecule has 0 spiro atoms. The number of methoxy groups -OCH3 is 1. The summed E-state index contributed by atoms with van der Waals surface area (Å²) in [4.78, 5) is 17.4. The second-order valence-corrected chi connectivity index (χ2v) is 6.06. The van der Waals surface area contributed by atoms with Crippen molar-refractivity contribution in [2.75, 3.05) is 38.2 Å². The Morgan fingerprint density at radius 1 is 1.08 bits per heavy atom. The van der Waals surface area contributed by atoms with Crippen LogP contribution in [0.15, 0.2) is 35.4 Å². The number of anilines is 1. The van der Waals surface area contributed by atoms with Crippen molar-refractivity contribution < 1.29 is 9.26 Å². The minimum atomic E-state index is 0.134. The molecule has 0 aliphatic carbocycles. The molecule has 1 unspecified atom stereocenters. The molecule has 0 radical (unpaired) electrons. The number of benzene rings is 1. The van der Waals surface area contributed by atoms with E-state index in [2.05, 4.69) is 49.0 Å². The average Bonchev–Trinajstić information content (AvgIpc) is 3.21. The van der Waals surface area contributed by atoms with Crippen molar-refractivity contribution in [3.05, 3.63) is 36.7 Å². The summed E-state index contributed by atoms with van der Waals surface area (Å²) in [5, 5.41) is 4.63. The van der Waals surface area contributed by atoms with Gasteiger partial charge in [0.2, 0.25) is 11.8 Å². The van der Waals surface area contributed by atoms with Gasteiger partial charge in [0.15, 0.2) is 6.33 Å². The maximum Gasteiger partial charge on any atom is 0.243 e. The maximum atomic E-state index is 5.36. The van der Waals surface area contributed by atoms with E-state index in [1.807, 2.05) is 6.07 Å². The molecule has 130 valence electrons. The van der Waals surface area contributed by atoms with Gasteiger partial charge in [-0.05, 0) is 25.1 Å². The molecular weight excluding hydrogens is 320 g/mol. The van der Waals surface area contributed by atoms with Gasteiger partial charge in [-0.1, -0.05) is 5.16 Å². The number of rotatable bonds is 4. The van der Waals surface area contributed by atoms with Crippen LogP contribution in [0.25, 0.3) is 10.9 Å². The molecular formula is C17H20N6O2. The fraction of sp³-hybridized carbons (Fsp3) is 0.412. The van der Waals surface area contributed by atoms with E-state index in [-0.39, 0.29) is 6.04 Å². The first kappa shape index (κ1) is 15.8. The van der Waals surface area contributed by atoms with E-state index in [1.165, 1.54) is 12.7 Å². The average molecular weight is 340 g/mol. The van der Waals surface area contributed by atoms with Gasteiger partial charge in [-0.25, -0.2) is 9.97 Å². The first-order valence-electron chi connectivity index (χ1n) is 8.30. The van der Waals surface area contributed by atoms with Gasteiger partial charge in [-0.2, -0.15) is 4.98 Å². The molecule has 0 bridgehead atoms. The van der Waals surface area contributed by atoms with Gasteiger partial charge in [-0.15, -0.1) is 0 Å². The number of nitrogens with zero attached hydrogens (tertiary/aromatic N) is 6. The first-order chi connectivity index (χ1) is 12.3. The van der Waals surface area contributed by atoms with Crippen LogP contribution >= 0.6 is 0 Å². The van der Waals surface area contributed by atoms with Crippen LogP contribution in [0.1, 0.15) is 18.9 Å². The molecule has 1 atom stereocenters. The predicted octanol–water partition coefficient (Wildman–Crippen LogP) is 1.90. The molecule has 1 fully saturated rings. The van der Waals surface area contributed by atoms with Gasteiger partial charge < -0.3 is 14.2 Å². The van der Waals surface area contributed by atoms with Crippen molar-refractivity contribution in [1.29, 1.82) is 0 Å². The molecule has 1 aromatic carbocycles. The molecule has 1 saturated heterocycles. The lowest BCUT2D eigenvalue weighted by Crippen LogP contribution is -2.47. The van der Waals surface area contributed by atoms with E-state index in [9.17, 15) is 0 Å². The second-order valence-electron chi connectivity index (χ2n) is 6.06. The third-order valence-electron chi connectivity index (χ3n) is 4.74. The quantitative estimate of drug-likeness (QED) is 0.712. The van der Waals surface area contributed by atoms with Gasteiger partial charge in [0, 0.05) is 31.9 Å². The van der Waals surface area contributed by atoms with Crippen LogP contribution in [0.2, 0.25) is 0 Å². The zero-order chi connectivity index (χ0) is 17.2. The van der Waals surface area contributed by atoms with Crippen LogP contribution in [-0.2, 0) is 0 Å². The molecule has 1 aliphatic heterocycles. The highest BCUT2D eigenvalue weighted by molar-refractivity contribution is 5.86. The third kappa shape index (κ3) is 3.00. The van der Waals surface area contributed by atoms with Crippen molar-refractivity contribution in [2.24, 2.45) is 0 Å². The van der Waals surface area contributed by atoms with E-state index in [4.69, 9.17) is 9.26 Å². The Balaban J connectivity index is 1.50. The van der Waals surface area contributed by atoms with Crippen molar-refractivity contribution in [3.8, 4) is 5.88 Å². The number of piperazine rings is 1. The smallest absolute Gasteiger partial charge is 0.243 e. The Labute approximate surface area is 145 Å². The Hall–Kier alpha value is -2.74. The van der Waals surface area contributed by atoms with Crippen molar-refractivity contribution in [1.82, 2.24) is 25.0 Å². The van der Waals surface area contributed by atoms with E-state index in [0.717, 1.165) is 42.8 Å². The SMILES string of the molecule is COc1ncnc2ccc(N3CCN(C(C)c4ncno4)CC3)cc12. The molecule has 2 aromatic heterocycles. The molecule has 3 heterocycles. The number of fused-ring (bicyclic) bond motifs is 1. The predicted molar refractivity (Wildman–Crippen MR) is 92.6 cm³/mol. The van der Waals surface area contributed by atoms with Crippen LogP contribution in [0.3, 0.4) is 0 Å². The van der Waals surface area contributed by atoms with Crippen LogP contribution in [0, 0.1) is 0 Å². The number of aromatic nitrogens is 4. The minimum Gasteiger partial charge on any atom is -0.480 e. The summed E-state index contributed by atoms with van der Waals surface area (Å²) in [5.74, 6) is 1.27. The molecule has 8 nitrogen and oxygen atoms in total. The zero-order valence-corrected chi connectivity index (χ0v) is 14.3. The summed E-state index contributed by atoms with van der Waals surface area (Å²) < 4.78 is 10.5. The largest absolute Gasteiger partial charge is 0.480 e. The normalized spacial score (nSPS) is 17.0. The van der Waals surface area contributed by atoms with Gasteiger partial charge in [0.1, 0.15) is 6.33 Å². The monoisotopic (exact) mass is 340 g/mol. The van der Waals surface area contributed by atoms with Crippen LogP contribution in [-0.4, -0.2) is 58.3 Å². The Morgan fingerprint density at radius 2 is 1.92 bits per heavy atom. The second kappa shape index (κ2) is 6.64. The molecule has 0 saturated carbocycles.